The Kier molecular flexibility index (Phi) is 3.31. The molecule has 2 aromatic heterocycles. The fourth-order valence-corrected chi connectivity index (χ4v) is 3.05. The minimum atomic E-state index is 0.229. The first-order valence-corrected chi connectivity index (χ1v) is 7.94. The average molecular weight is 326 g/mol. The standard InChI is InChI=1S/C17H16ClN5/c1-10-9-19-13-7-6-12(18)8-15(13)23-16(10)21-22-17(23)14-5-3-4-11(2)20-14/h3-8,10,19H,9H2,1-2H3. The summed E-state index contributed by atoms with van der Waals surface area (Å²) in [7, 11) is 0. The van der Waals surface area contributed by atoms with E-state index >= 15 is 0 Å². The summed E-state index contributed by atoms with van der Waals surface area (Å²) in [6.45, 7) is 4.90. The number of fused-ring (bicyclic) bond motifs is 3. The van der Waals surface area contributed by atoms with E-state index < -0.39 is 0 Å². The summed E-state index contributed by atoms with van der Waals surface area (Å²) in [5, 5.41) is 13.0. The van der Waals surface area contributed by atoms with E-state index in [1.165, 1.54) is 0 Å². The van der Waals surface area contributed by atoms with Crippen molar-refractivity contribution in [2.24, 2.45) is 0 Å². The average Bonchev–Trinajstić information content (AvgIpc) is 2.93. The Morgan fingerprint density at radius 3 is 2.91 bits per heavy atom. The van der Waals surface area contributed by atoms with Crippen LogP contribution in [0.3, 0.4) is 0 Å². The van der Waals surface area contributed by atoms with Crippen molar-refractivity contribution in [3.8, 4) is 17.2 Å². The summed E-state index contributed by atoms with van der Waals surface area (Å²) in [6.07, 6.45) is 0. The molecule has 1 aliphatic heterocycles. The number of rotatable bonds is 1. The highest BCUT2D eigenvalue weighted by atomic mass is 35.5. The van der Waals surface area contributed by atoms with Crippen LogP contribution in [0.1, 0.15) is 24.4 Å². The van der Waals surface area contributed by atoms with Crippen LogP contribution in [-0.2, 0) is 0 Å². The molecule has 23 heavy (non-hydrogen) atoms. The van der Waals surface area contributed by atoms with E-state index in [9.17, 15) is 0 Å². The number of hydrogen-bond acceptors (Lipinski definition) is 4. The second-order valence-corrected chi connectivity index (χ2v) is 6.26. The third-order valence-electron chi connectivity index (χ3n) is 4.05. The van der Waals surface area contributed by atoms with Gasteiger partial charge in [-0.05, 0) is 37.3 Å². The molecule has 5 nitrogen and oxygen atoms in total. The normalized spacial score (nSPS) is 16.2. The van der Waals surface area contributed by atoms with Crippen molar-refractivity contribution in [3.05, 3.63) is 52.9 Å². The molecule has 1 N–H and O–H groups in total. The molecule has 0 spiro atoms. The topological polar surface area (TPSA) is 55.6 Å². The highest BCUT2D eigenvalue weighted by molar-refractivity contribution is 6.30. The lowest BCUT2D eigenvalue weighted by atomic mass is 10.1. The molecule has 1 aromatic carbocycles. The van der Waals surface area contributed by atoms with Crippen LogP contribution in [0.5, 0.6) is 0 Å². The van der Waals surface area contributed by atoms with Gasteiger partial charge in [0, 0.05) is 23.2 Å². The van der Waals surface area contributed by atoms with Gasteiger partial charge in [0.2, 0.25) is 0 Å². The third-order valence-corrected chi connectivity index (χ3v) is 4.28. The van der Waals surface area contributed by atoms with Crippen LogP contribution in [0.25, 0.3) is 17.2 Å². The molecule has 1 unspecified atom stereocenters. The van der Waals surface area contributed by atoms with Gasteiger partial charge in [0.15, 0.2) is 5.82 Å². The van der Waals surface area contributed by atoms with E-state index in [1.807, 2.05) is 43.3 Å². The number of aryl methyl sites for hydroxylation is 1. The summed E-state index contributed by atoms with van der Waals surface area (Å²) in [6, 6.07) is 11.7. The highest BCUT2D eigenvalue weighted by Gasteiger charge is 2.25. The number of aromatic nitrogens is 4. The smallest absolute Gasteiger partial charge is 0.187 e. The number of nitrogens with one attached hydrogen (secondary N) is 1. The van der Waals surface area contributed by atoms with E-state index in [4.69, 9.17) is 11.6 Å². The molecular formula is C17H16ClN5. The van der Waals surface area contributed by atoms with Gasteiger partial charge in [0.25, 0.3) is 0 Å². The first kappa shape index (κ1) is 14.2. The number of nitrogens with zero attached hydrogens (tertiary/aromatic N) is 4. The number of benzene rings is 1. The quantitative estimate of drug-likeness (QED) is 0.739. The zero-order valence-electron chi connectivity index (χ0n) is 12.9. The number of hydrogen-bond donors (Lipinski definition) is 1. The Bertz CT molecular complexity index is 886. The van der Waals surface area contributed by atoms with E-state index in [1.54, 1.807) is 0 Å². The van der Waals surface area contributed by atoms with Crippen LogP contribution in [0.15, 0.2) is 36.4 Å². The summed E-state index contributed by atoms with van der Waals surface area (Å²) in [5.41, 5.74) is 3.74. The van der Waals surface area contributed by atoms with Gasteiger partial charge in [0.1, 0.15) is 11.5 Å². The van der Waals surface area contributed by atoms with Crippen molar-refractivity contribution < 1.29 is 0 Å². The largest absolute Gasteiger partial charge is 0.383 e. The van der Waals surface area contributed by atoms with Crippen molar-refractivity contribution in [3.63, 3.8) is 0 Å². The molecule has 0 saturated carbocycles. The molecule has 0 radical (unpaired) electrons. The fourth-order valence-electron chi connectivity index (χ4n) is 2.88. The molecule has 1 atom stereocenters. The monoisotopic (exact) mass is 325 g/mol. The molecule has 0 fully saturated rings. The van der Waals surface area contributed by atoms with E-state index in [0.717, 1.165) is 41.0 Å². The predicted molar refractivity (Wildman–Crippen MR) is 91.2 cm³/mol. The summed E-state index contributed by atoms with van der Waals surface area (Å²) < 4.78 is 2.06. The Morgan fingerprint density at radius 2 is 2.09 bits per heavy atom. The summed E-state index contributed by atoms with van der Waals surface area (Å²) >= 11 is 6.23. The molecular weight excluding hydrogens is 310 g/mol. The minimum absolute atomic E-state index is 0.229. The minimum Gasteiger partial charge on any atom is -0.383 e. The lowest BCUT2D eigenvalue weighted by Gasteiger charge is -2.12. The molecule has 6 heteroatoms. The van der Waals surface area contributed by atoms with Gasteiger partial charge in [-0.3, -0.25) is 4.57 Å². The van der Waals surface area contributed by atoms with Gasteiger partial charge in [0.05, 0.1) is 11.4 Å². The van der Waals surface area contributed by atoms with Crippen LogP contribution in [0.2, 0.25) is 5.02 Å². The van der Waals surface area contributed by atoms with Crippen LogP contribution in [0, 0.1) is 6.92 Å². The second kappa shape index (κ2) is 5.35. The van der Waals surface area contributed by atoms with Crippen molar-refractivity contribution in [2.75, 3.05) is 11.9 Å². The van der Waals surface area contributed by atoms with Crippen molar-refractivity contribution in [2.45, 2.75) is 19.8 Å². The molecule has 3 aromatic rings. The van der Waals surface area contributed by atoms with Gasteiger partial charge in [-0.2, -0.15) is 0 Å². The lowest BCUT2D eigenvalue weighted by Crippen LogP contribution is -2.09. The summed E-state index contributed by atoms with van der Waals surface area (Å²) in [4.78, 5) is 4.60. The first-order valence-electron chi connectivity index (χ1n) is 7.56. The van der Waals surface area contributed by atoms with Crippen LogP contribution in [0.4, 0.5) is 5.69 Å². The van der Waals surface area contributed by atoms with Crippen molar-refractivity contribution in [1.82, 2.24) is 19.7 Å². The molecule has 1 aliphatic rings. The van der Waals surface area contributed by atoms with E-state index in [0.29, 0.717) is 5.02 Å². The number of pyridine rings is 1. The predicted octanol–water partition coefficient (Wildman–Crippen LogP) is 3.82. The Balaban J connectivity index is 2.01. The van der Waals surface area contributed by atoms with Gasteiger partial charge >= 0.3 is 0 Å². The van der Waals surface area contributed by atoms with E-state index in [-0.39, 0.29) is 5.92 Å². The molecule has 116 valence electrons. The van der Waals surface area contributed by atoms with Gasteiger partial charge in [-0.1, -0.05) is 24.6 Å². The van der Waals surface area contributed by atoms with Crippen LogP contribution < -0.4 is 5.32 Å². The zero-order valence-corrected chi connectivity index (χ0v) is 13.7. The van der Waals surface area contributed by atoms with E-state index in [2.05, 4.69) is 32.0 Å². The van der Waals surface area contributed by atoms with Crippen molar-refractivity contribution >= 4 is 17.3 Å². The third kappa shape index (κ3) is 2.37. The molecule has 0 amide bonds. The molecule has 0 aliphatic carbocycles. The van der Waals surface area contributed by atoms with Crippen LogP contribution >= 0.6 is 11.6 Å². The molecule has 3 heterocycles. The van der Waals surface area contributed by atoms with Crippen LogP contribution in [-0.4, -0.2) is 26.3 Å². The van der Waals surface area contributed by atoms with Crippen molar-refractivity contribution in [1.29, 1.82) is 0 Å². The SMILES string of the molecule is Cc1cccc(-c2nnc3n2-c2cc(Cl)ccc2NCC3C)n1. The van der Waals surface area contributed by atoms with Gasteiger partial charge in [-0.25, -0.2) is 4.98 Å². The Labute approximate surface area is 139 Å². The van der Waals surface area contributed by atoms with Gasteiger partial charge in [-0.15, -0.1) is 10.2 Å². The zero-order chi connectivity index (χ0) is 16.0. The number of anilines is 1. The molecule has 0 saturated heterocycles. The maximum atomic E-state index is 6.23. The Morgan fingerprint density at radius 1 is 1.22 bits per heavy atom. The van der Waals surface area contributed by atoms with Gasteiger partial charge < -0.3 is 5.32 Å². The number of halogens is 1. The second-order valence-electron chi connectivity index (χ2n) is 5.82. The summed E-state index contributed by atoms with van der Waals surface area (Å²) in [5.74, 6) is 1.88. The first-order chi connectivity index (χ1) is 11.1. The molecule has 0 bridgehead atoms. The highest BCUT2D eigenvalue weighted by Crippen LogP contribution is 2.34. The maximum Gasteiger partial charge on any atom is 0.187 e. The Hall–Kier alpha value is -2.40. The lowest BCUT2D eigenvalue weighted by molar-refractivity contribution is 0.725. The maximum absolute atomic E-state index is 6.23. The molecule has 4 rings (SSSR count). The fraction of sp³-hybridized carbons (Fsp3) is 0.235.